The molecule has 0 amide bonds. The van der Waals surface area contributed by atoms with E-state index in [1.54, 1.807) is 19.2 Å². The normalized spacial score (nSPS) is 12.0. The largest absolute Gasteiger partial charge is 0.495 e. The van der Waals surface area contributed by atoms with Gasteiger partial charge in [0.05, 0.1) is 18.1 Å². The van der Waals surface area contributed by atoms with Gasteiger partial charge in [-0.05, 0) is 61.6 Å². The standard InChI is InChI=1S/C19H21ClO3/c1-11-7-12(2)18(13(3)8-11)15(19(21)22)9-14-5-6-17(23-4)16(20)10-14/h5-8,10,15H,9H2,1-4H3,(H,21,22). The Morgan fingerprint density at radius 3 is 2.26 bits per heavy atom. The first-order valence-corrected chi connectivity index (χ1v) is 7.84. The molecule has 0 spiro atoms. The van der Waals surface area contributed by atoms with E-state index in [9.17, 15) is 9.90 Å². The number of ether oxygens (including phenoxy) is 1. The summed E-state index contributed by atoms with van der Waals surface area (Å²) in [6.07, 6.45) is 0.393. The highest BCUT2D eigenvalue weighted by atomic mass is 35.5. The zero-order valence-electron chi connectivity index (χ0n) is 13.8. The van der Waals surface area contributed by atoms with Crippen LogP contribution in [0, 0.1) is 20.8 Å². The van der Waals surface area contributed by atoms with Gasteiger partial charge < -0.3 is 9.84 Å². The number of carboxylic acids is 1. The maximum absolute atomic E-state index is 11.8. The van der Waals surface area contributed by atoms with E-state index in [0.717, 1.165) is 27.8 Å². The molecule has 1 unspecified atom stereocenters. The molecule has 0 bridgehead atoms. The van der Waals surface area contributed by atoms with Crippen LogP contribution in [0.5, 0.6) is 5.75 Å². The van der Waals surface area contributed by atoms with Crippen LogP contribution < -0.4 is 4.74 Å². The van der Waals surface area contributed by atoms with E-state index in [0.29, 0.717) is 17.2 Å². The van der Waals surface area contributed by atoms with E-state index >= 15 is 0 Å². The van der Waals surface area contributed by atoms with Gasteiger partial charge >= 0.3 is 5.97 Å². The molecule has 122 valence electrons. The highest BCUT2D eigenvalue weighted by Gasteiger charge is 2.24. The van der Waals surface area contributed by atoms with Gasteiger partial charge in [0.25, 0.3) is 0 Å². The average molecular weight is 333 g/mol. The van der Waals surface area contributed by atoms with Crippen LogP contribution in [0.3, 0.4) is 0 Å². The van der Waals surface area contributed by atoms with E-state index < -0.39 is 11.9 Å². The summed E-state index contributed by atoms with van der Waals surface area (Å²) >= 11 is 6.15. The summed E-state index contributed by atoms with van der Waals surface area (Å²) in [5.74, 6) is -0.836. The number of aliphatic carboxylic acids is 1. The molecule has 0 fully saturated rings. The molecule has 0 aromatic heterocycles. The predicted molar refractivity (Wildman–Crippen MR) is 92.7 cm³/mol. The van der Waals surface area contributed by atoms with Crippen molar-refractivity contribution in [2.45, 2.75) is 33.1 Å². The van der Waals surface area contributed by atoms with Crippen molar-refractivity contribution in [3.05, 3.63) is 63.2 Å². The van der Waals surface area contributed by atoms with Gasteiger partial charge in [-0.15, -0.1) is 0 Å². The van der Waals surface area contributed by atoms with Crippen LogP contribution in [-0.2, 0) is 11.2 Å². The molecule has 0 aliphatic heterocycles. The van der Waals surface area contributed by atoms with E-state index in [-0.39, 0.29) is 0 Å². The first kappa shape index (κ1) is 17.4. The first-order valence-electron chi connectivity index (χ1n) is 7.46. The van der Waals surface area contributed by atoms with Gasteiger partial charge in [0.1, 0.15) is 5.75 Å². The lowest BCUT2D eigenvalue weighted by Crippen LogP contribution is -2.17. The zero-order chi connectivity index (χ0) is 17.1. The fourth-order valence-corrected chi connectivity index (χ4v) is 3.41. The van der Waals surface area contributed by atoms with Gasteiger partial charge in [0, 0.05) is 0 Å². The Morgan fingerprint density at radius 2 is 1.78 bits per heavy atom. The maximum Gasteiger partial charge on any atom is 0.311 e. The number of methoxy groups -OCH3 is 1. The number of halogens is 1. The lowest BCUT2D eigenvalue weighted by atomic mass is 9.85. The maximum atomic E-state index is 11.8. The number of carboxylic acid groups (broad SMARTS) is 1. The van der Waals surface area contributed by atoms with Gasteiger partial charge in [0.2, 0.25) is 0 Å². The fourth-order valence-electron chi connectivity index (χ4n) is 3.13. The van der Waals surface area contributed by atoms with Crippen LogP contribution in [0.2, 0.25) is 5.02 Å². The molecule has 0 saturated heterocycles. The molecule has 2 rings (SSSR count). The van der Waals surface area contributed by atoms with E-state index in [2.05, 4.69) is 0 Å². The van der Waals surface area contributed by atoms with Crippen molar-refractivity contribution in [2.24, 2.45) is 0 Å². The lowest BCUT2D eigenvalue weighted by molar-refractivity contribution is -0.138. The number of aryl methyl sites for hydroxylation is 3. The lowest BCUT2D eigenvalue weighted by Gasteiger charge is -2.19. The van der Waals surface area contributed by atoms with Crippen LogP contribution in [0.25, 0.3) is 0 Å². The SMILES string of the molecule is COc1ccc(CC(C(=O)O)c2c(C)cc(C)cc2C)cc1Cl. The fraction of sp³-hybridized carbons (Fsp3) is 0.316. The van der Waals surface area contributed by atoms with Crippen LogP contribution >= 0.6 is 11.6 Å². The van der Waals surface area contributed by atoms with Crippen LogP contribution in [-0.4, -0.2) is 18.2 Å². The van der Waals surface area contributed by atoms with Gasteiger partial charge in [0.15, 0.2) is 0 Å². The molecule has 1 N–H and O–H groups in total. The van der Waals surface area contributed by atoms with Gasteiger partial charge in [-0.1, -0.05) is 35.4 Å². The summed E-state index contributed by atoms with van der Waals surface area (Å²) in [4.78, 5) is 11.8. The summed E-state index contributed by atoms with van der Waals surface area (Å²) in [6, 6.07) is 9.46. The van der Waals surface area contributed by atoms with Gasteiger partial charge in [-0.2, -0.15) is 0 Å². The van der Waals surface area contributed by atoms with Crippen molar-refractivity contribution >= 4 is 17.6 Å². The van der Waals surface area contributed by atoms with E-state index in [4.69, 9.17) is 16.3 Å². The second kappa shape index (κ2) is 7.05. The van der Waals surface area contributed by atoms with Crippen molar-refractivity contribution in [1.29, 1.82) is 0 Å². The third-order valence-corrected chi connectivity index (χ3v) is 4.34. The molecule has 23 heavy (non-hydrogen) atoms. The highest BCUT2D eigenvalue weighted by Crippen LogP contribution is 2.31. The molecule has 0 radical (unpaired) electrons. The number of carbonyl (C=O) groups is 1. The van der Waals surface area contributed by atoms with Crippen molar-refractivity contribution in [2.75, 3.05) is 7.11 Å². The molecular formula is C19H21ClO3. The molecule has 2 aromatic carbocycles. The Bertz CT molecular complexity index is 714. The molecule has 4 heteroatoms. The Morgan fingerprint density at radius 1 is 1.17 bits per heavy atom. The van der Waals surface area contributed by atoms with E-state index in [1.165, 1.54) is 0 Å². The minimum atomic E-state index is -0.827. The monoisotopic (exact) mass is 332 g/mol. The number of rotatable bonds is 5. The molecule has 1 atom stereocenters. The van der Waals surface area contributed by atoms with Gasteiger partial charge in [-0.25, -0.2) is 0 Å². The molecule has 0 saturated carbocycles. The smallest absolute Gasteiger partial charge is 0.311 e. The second-order valence-electron chi connectivity index (χ2n) is 5.88. The summed E-state index contributed by atoms with van der Waals surface area (Å²) < 4.78 is 5.14. The van der Waals surface area contributed by atoms with Crippen molar-refractivity contribution < 1.29 is 14.6 Å². The summed E-state index contributed by atoms with van der Waals surface area (Å²) in [5, 5.41) is 10.2. The molecule has 0 aliphatic rings. The third kappa shape index (κ3) is 3.85. The Labute approximate surface area is 141 Å². The zero-order valence-corrected chi connectivity index (χ0v) is 14.6. The van der Waals surface area contributed by atoms with Crippen molar-refractivity contribution in [1.82, 2.24) is 0 Å². The van der Waals surface area contributed by atoms with Crippen molar-refractivity contribution in [3.8, 4) is 5.75 Å². The summed E-state index contributed by atoms with van der Waals surface area (Å²) in [5.41, 5.74) is 4.92. The summed E-state index contributed by atoms with van der Waals surface area (Å²) in [7, 11) is 1.56. The Kier molecular flexibility index (Phi) is 5.32. The van der Waals surface area contributed by atoms with Gasteiger partial charge in [-0.3, -0.25) is 4.79 Å². The van der Waals surface area contributed by atoms with Crippen LogP contribution in [0.15, 0.2) is 30.3 Å². The second-order valence-corrected chi connectivity index (χ2v) is 6.28. The molecule has 3 nitrogen and oxygen atoms in total. The quantitative estimate of drug-likeness (QED) is 0.864. The predicted octanol–water partition coefficient (Wildman–Crippen LogP) is 4.68. The minimum absolute atomic E-state index is 0.393. The third-order valence-electron chi connectivity index (χ3n) is 4.04. The first-order chi connectivity index (χ1) is 10.8. The number of hydrogen-bond acceptors (Lipinski definition) is 2. The number of benzene rings is 2. The molecule has 0 aliphatic carbocycles. The number of hydrogen-bond donors (Lipinski definition) is 1. The van der Waals surface area contributed by atoms with Crippen molar-refractivity contribution in [3.63, 3.8) is 0 Å². The topological polar surface area (TPSA) is 46.5 Å². The van der Waals surface area contributed by atoms with Crippen LogP contribution in [0.1, 0.15) is 33.7 Å². The summed E-state index contributed by atoms with van der Waals surface area (Å²) in [6.45, 7) is 5.95. The Balaban J connectivity index is 2.41. The minimum Gasteiger partial charge on any atom is -0.495 e. The molecular weight excluding hydrogens is 312 g/mol. The van der Waals surface area contributed by atoms with Crippen LogP contribution in [0.4, 0.5) is 0 Å². The Hall–Kier alpha value is -2.00. The molecule has 2 aromatic rings. The average Bonchev–Trinajstić information content (AvgIpc) is 2.45. The molecule has 0 heterocycles. The van der Waals surface area contributed by atoms with E-state index in [1.807, 2.05) is 39.0 Å². The highest BCUT2D eigenvalue weighted by molar-refractivity contribution is 6.32.